The molecule has 1 saturated heterocycles. The molecule has 6 nitrogen and oxygen atoms in total. The van der Waals surface area contributed by atoms with E-state index in [2.05, 4.69) is 16.0 Å². The Balaban J connectivity index is 1.32. The molecule has 0 saturated carbocycles. The first kappa shape index (κ1) is 28.7. The molecule has 1 aliphatic rings. The lowest BCUT2D eigenvalue weighted by Gasteiger charge is -2.39. The molecule has 2 heterocycles. The quantitative estimate of drug-likeness (QED) is 0.179. The zero-order valence-corrected chi connectivity index (χ0v) is 23.5. The highest BCUT2D eigenvalue weighted by Crippen LogP contribution is 2.35. The normalized spacial score (nSPS) is 18.9. The van der Waals surface area contributed by atoms with Crippen LogP contribution < -0.4 is 4.74 Å². The maximum Gasteiger partial charge on any atom is 0.303 e. The smallest absolute Gasteiger partial charge is 0.303 e. The third-order valence-corrected chi connectivity index (χ3v) is 8.86. The highest BCUT2D eigenvalue weighted by molar-refractivity contribution is 7.99. The molecular weight excluding hydrogens is 520 g/mol. The first-order chi connectivity index (χ1) is 18.4. The molecule has 2 aromatic carbocycles. The molecule has 0 spiro atoms. The Hall–Kier alpha value is -2.32. The van der Waals surface area contributed by atoms with E-state index in [0.717, 1.165) is 71.9 Å². The number of rotatable bonds is 13. The zero-order valence-electron chi connectivity index (χ0n) is 21.9. The molecular formula is C30H37ClN2O4S. The number of aliphatic carboxylic acids is 1. The van der Waals surface area contributed by atoms with E-state index in [9.17, 15) is 15.0 Å². The minimum atomic E-state index is -0.740. The third-order valence-electron chi connectivity index (χ3n) is 7.54. The molecule has 0 aliphatic carbocycles. The van der Waals surface area contributed by atoms with Gasteiger partial charge in [-0.3, -0.25) is 9.78 Å². The molecule has 0 amide bonds. The number of fused-ring (bicyclic) bond motifs is 1. The van der Waals surface area contributed by atoms with Gasteiger partial charge in [0.15, 0.2) is 0 Å². The number of halogens is 1. The van der Waals surface area contributed by atoms with Crippen molar-refractivity contribution in [3.05, 3.63) is 65.3 Å². The number of piperidine rings is 1. The Labute approximate surface area is 234 Å². The fourth-order valence-corrected chi connectivity index (χ4v) is 6.65. The molecule has 0 radical (unpaired) electrons. The Morgan fingerprint density at radius 1 is 1.21 bits per heavy atom. The predicted molar refractivity (Wildman–Crippen MR) is 154 cm³/mol. The van der Waals surface area contributed by atoms with Crippen LogP contribution in [0, 0.1) is 11.8 Å². The minimum Gasteiger partial charge on any atom is -0.497 e. The van der Waals surface area contributed by atoms with Gasteiger partial charge in [-0.2, -0.15) is 0 Å². The van der Waals surface area contributed by atoms with Gasteiger partial charge in [-0.1, -0.05) is 17.7 Å². The minimum absolute atomic E-state index is 0.191. The van der Waals surface area contributed by atoms with Crippen LogP contribution >= 0.6 is 23.4 Å². The number of aromatic nitrogens is 1. The van der Waals surface area contributed by atoms with Gasteiger partial charge < -0.3 is 19.8 Å². The van der Waals surface area contributed by atoms with E-state index in [4.69, 9.17) is 16.3 Å². The number of carboxylic acid groups (broad SMARTS) is 1. The average Bonchev–Trinajstić information content (AvgIpc) is 2.92. The predicted octanol–water partition coefficient (Wildman–Crippen LogP) is 6.70. The number of hydrogen-bond acceptors (Lipinski definition) is 6. The van der Waals surface area contributed by atoms with Crippen molar-refractivity contribution in [2.45, 2.75) is 49.5 Å². The standard InChI is InChI=1S/C30H37ClN2O4S/c1-37-24-8-9-28-27(19-24)26(12-14-32-28)29(34)10-6-21-13-16-33(20-22(21)7-11-30(35)36)15-3-17-38-25-5-2-4-23(31)18-25/h2,4-5,8-9,12,14,18-19,21-22,29,34H,3,6-7,10-11,13,15-17,20H2,1H3,(H,35,36)/t21-,22+,29?/m1/s1. The number of aliphatic hydroxyl groups is 1. The second-order valence-corrected chi connectivity index (χ2v) is 11.7. The highest BCUT2D eigenvalue weighted by Gasteiger charge is 2.30. The van der Waals surface area contributed by atoms with Crippen molar-refractivity contribution in [3.63, 3.8) is 0 Å². The maximum absolute atomic E-state index is 11.3. The summed E-state index contributed by atoms with van der Waals surface area (Å²) in [5, 5.41) is 22.1. The molecule has 2 N–H and O–H groups in total. The van der Waals surface area contributed by atoms with Gasteiger partial charge >= 0.3 is 5.97 Å². The summed E-state index contributed by atoms with van der Waals surface area (Å²) in [4.78, 5) is 19.4. The largest absolute Gasteiger partial charge is 0.497 e. The molecule has 1 aliphatic heterocycles. The summed E-state index contributed by atoms with van der Waals surface area (Å²) >= 11 is 7.91. The number of aliphatic hydroxyl groups excluding tert-OH is 1. The number of thioether (sulfide) groups is 1. The number of likely N-dealkylation sites (tertiary alicyclic amines) is 1. The van der Waals surface area contributed by atoms with Crippen molar-refractivity contribution in [3.8, 4) is 5.75 Å². The van der Waals surface area contributed by atoms with Gasteiger partial charge in [0.1, 0.15) is 5.75 Å². The molecule has 1 fully saturated rings. The number of hydrogen-bond donors (Lipinski definition) is 2. The second kappa shape index (κ2) is 14.2. The Bertz CT molecular complexity index is 1210. The Morgan fingerprint density at radius 3 is 2.87 bits per heavy atom. The van der Waals surface area contributed by atoms with E-state index in [-0.39, 0.29) is 6.42 Å². The van der Waals surface area contributed by atoms with Crippen LogP contribution in [0.5, 0.6) is 5.75 Å². The lowest BCUT2D eigenvalue weighted by atomic mass is 9.79. The number of carboxylic acids is 1. The van der Waals surface area contributed by atoms with Gasteiger partial charge in [0.2, 0.25) is 0 Å². The molecule has 4 rings (SSSR count). The number of nitrogens with zero attached hydrogens (tertiary/aromatic N) is 2. The molecule has 1 unspecified atom stereocenters. The maximum atomic E-state index is 11.3. The number of pyridine rings is 1. The number of methoxy groups -OCH3 is 1. The van der Waals surface area contributed by atoms with Gasteiger partial charge in [0.25, 0.3) is 0 Å². The van der Waals surface area contributed by atoms with Crippen molar-refractivity contribution in [2.75, 3.05) is 32.5 Å². The lowest BCUT2D eigenvalue weighted by Crippen LogP contribution is -2.41. The van der Waals surface area contributed by atoms with E-state index in [1.807, 2.05) is 54.2 Å². The Kier molecular flexibility index (Phi) is 10.7. The number of benzene rings is 2. The SMILES string of the molecule is COc1ccc2nccc(C(O)CC[C@@H]3CCN(CCCSc4cccc(Cl)c4)C[C@@H]3CCC(=O)O)c2c1. The average molecular weight is 557 g/mol. The van der Waals surface area contributed by atoms with Crippen LogP contribution in [0.25, 0.3) is 10.9 Å². The van der Waals surface area contributed by atoms with Crippen LogP contribution in [0.1, 0.15) is 50.2 Å². The van der Waals surface area contributed by atoms with Gasteiger partial charge in [0.05, 0.1) is 18.7 Å². The van der Waals surface area contributed by atoms with Crippen molar-refractivity contribution >= 4 is 40.2 Å². The van der Waals surface area contributed by atoms with E-state index in [1.54, 1.807) is 13.3 Å². The zero-order chi connectivity index (χ0) is 26.9. The van der Waals surface area contributed by atoms with E-state index < -0.39 is 12.1 Å². The topological polar surface area (TPSA) is 82.9 Å². The highest BCUT2D eigenvalue weighted by atomic mass is 35.5. The molecule has 38 heavy (non-hydrogen) atoms. The molecule has 204 valence electrons. The lowest BCUT2D eigenvalue weighted by molar-refractivity contribution is -0.137. The monoisotopic (exact) mass is 556 g/mol. The summed E-state index contributed by atoms with van der Waals surface area (Å²) in [6.07, 6.45) is 5.63. The van der Waals surface area contributed by atoms with Crippen molar-refractivity contribution in [1.82, 2.24) is 9.88 Å². The summed E-state index contributed by atoms with van der Waals surface area (Å²) in [5.74, 6) is 1.75. The summed E-state index contributed by atoms with van der Waals surface area (Å²) in [6, 6.07) is 15.6. The summed E-state index contributed by atoms with van der Waals surface area (Å²) in [6.45, 7) is 2.95. The first-order valence-corrected chi connectivity index (χ1v) is 14.7. The van der Waals surface area contributed by atoms with Gasteiger partial charge in [0, 0.05) is 34.5 Å². The number of carbonyl (C=O) groups is 1. The van der Waals surface area contributed by atoms with Crippen molar-refractivity contribution in [1.29, 1.82) is 0 Å². The van der Waals surface area contributed by atoms with Crippen LogP contribution in [-0.2, 0) is 4.79 Å². The van der Waals surface area contributed by atoms with Crippen molar-refractivity contribution in [2.24, 2.45) is 11.8 Å². The summed E-state index contributed by atoms with van der Waals surface area (Å²) < 4.78 is 5.38. The van der Waals surface area contributed by atoms with Crippen molar-refractivity contribution < 1.29 is 19.7 Å². The fourth-order valence-electron chi connectivity index (χ4n) is 5.50. The fraction of sp³-hybridized carbons (Fsp3) is 0.467. The summed E-state index contributed by atoms with van der Waals surface area (Å²) in [5.41, 5.74) is 1.70. The third kappa shape index (κ3) is 8.09. The van der Waals surface area contributed by atoms with Gasteiger partial charge in [-0.25, -0.2) is 0 Å². The van der Waals surface area contributed by atoms with E-state index in [0.29, 0.717) is 24.7 Å². The van der Waals surface area contributed by atoms with Gasteiger partial charge in [-0.15, -0.1) is 11.8 Å². The number of ether oxygens (including phenoxy) is 1. The second-order valence-electron chi connectivity index (χ2n) is 10.1. The Morgan fingerprint density at radius 2 is 2.08 bits per heavy atom. The van der Waals surface area contributed by atoms with E-state index >= 15 is 0 Å². The van der Waals surface area contributed by atoms with Crippen LogP contribution in [0.4, 0.5) is 0 Å². The molecule has 1 aromatic heterocycles. The first-order valence-electron chi connectivity index (χ1n) is 13.4. The molecule has 3 aromatic rings. The molecule has 3 atom stereocenters. The molecule has 0 bridgehead atoms. The summed E-state index contributed by atoms with van der Waals surface area (Å²) in [7, 11) is 1.63. The van der Waals surface area contributed by atoms with Crippen LogP contribution in [-0.4, -0.2) is 58.6 Å². The van der Waals surface area contributed by atoms with Crippen LogP contribution in [0.2, 0.25) is 5.02 Å². The van der Waals surface area contributed by atoms with Crippen LogP contribution in [0.15, 0.2) is 59.6 Å². The van der Waals surface area contributed by atoms with Crippen LogP contribution in [0.3, 0.4) is 0 Å². The molecule has 8 heteroatoms. The van der Waals surface area contributed by atoms with E-state index in [1.165, 1.54) is 4.90 Å². The van der Waals surface area contributed by atoms with Gasteiger partial charge in [-0.05, 0) is 111 Å².